The fourth-order valence-corrected chi connectivity index (χ4v) is 4.04. The van der Waals surface area contributed by atoms with Gasteiger partial charge in [0.15, 0.2) is 0 Å². The van der Waals surface area contributed by atoms with Crippen molar-refractivity contribution in [2.45, 2.75) is 6.04 Å². The molecular weight excluding hydrogens is 448 g/mol. The predicted octanol–water partition coefficient (Wildman–Crippen LogP) is 3.71. The molecule has 0 saturated carbocycles. The zero-order chi connectivity index (χ0) is 11.7. The van der Waals surface area contributed by atoms with Crippen molar-refractivity contribution in [3.8, 4) is 5.75 Å². The maximum absolute atomic E-state index is 10.0. The first-order chi connectivity index (χ1) is 7.59. The molecule has 5 heteroatoms. The van der Waals surface area contributed by atoms with Crippen molar-refractivity contribution in [1.82, 2.24) is 0 Å². The Bertz CT molecular complexity index is 499. The lowest BCUT2D eigenvalue weighted by Gasteiger charge is -2.14. The second-order valence-corrected chi connectivity index (χ2v) is 6.55. The minimum atomic E-state index is -0.255. The first-order valence-corrected chi connectivity index (χ1v) is 7.65. The third kappa shape index (κ3) is 2.52. The molecule has 0 saturated heterocycles. The van der Waals surface area contributed by atoms with Crippen molar-refractivity contribution in [2.75, 3.05) is 0 Å². The van der Waals surface area contributed by atoms with Crippen LogP contribution in [0.3, 0.4) is 0 Å². The maximum Gasteiger partial charge on any atom is 0.134 e. The number of hydrogen-bond donors (Lipinski definition) is 2. The summed E-state index contributed by atoms with van der Waals surface area (Å²) in [7, 11) is 0. The average molecular weight is 457 g/mol. The van der Waals surface area contributed by atoms with Crippen LogP contribution in [-0.2, 0) is 0 Å². The Balaban J connectivity index is 2.48. The summed E-state index contributed by atoms with van der Waals surface area (Å²) in [4.78, 5) is 0. The van der Waals surface area contributed by atoms with Gasteiger partial charge < -0.3 is 10.8 Å². The van der Waals surface area contributed by atoms with E-state index in [1.165, 1.54) is 0 Å². The van der Waals surface area contributed by atoms with Gasteiger partial charge in [-0.05, 0) is 79.7 Å². The van der Waals surface area contributed by atoms with E-state index in [9.17, 15) is 5.11 Å². The monoisotopic (exact) mass is 457 g/mol. The van der Waals surface area contributed by atoms with Crippen LogP contribution in [-0.4, -0.2) is 5.11 Å². The van der Waals surface area contributed by atoms with E-state index in [0.29, 0.717) is 5.75 Å². The maximum atomic E-state index is 10.0. The Morgan fingerprint density at radius 2 is 2.06 bits per heavy atom. The van der Waals surface area contributed by atoms with Gasteiger partial charge in [0.2, 0.25) is 0 Å². The zero-order valence-corrected chi connectivity index (χ0v) is 13.3. The highest BCUT2D eigenvalue weighted by molar-refractivity contribution is 14.1. The molecule has 0 spiro atoms. The van der Waals surface area contributed by atoms with Crippen LogP contribution in [0.5, 0.6) is 5.75 Å². The van der Waals surface area contributed by atoms with Crippen molar-refractivity contribution in [2.24, 2.45) is 5.73 Å². The van der Waals surface area contributed by atoms with Gasteiger partial charge in [-0.1, -0.05) is 0 Å². The smallest absolute Gasteiger partial charge is 0.134 e. The van der Waals surface area contributed by atoms with Crippen molar-refractivity contribution in [1.29, 1.82) is 0 Å². The lowest BCUT2D eigenvalue weighted by Crippen LogP contribution is -2.11. The highest BCUT2D eigenvalue weighted by atomic mass is 127. The highest BCUT2D eigenvalue weighted by Gasteiger charge is 2.16. The Morgan fingerprint density at radius 1 is 1.31 bits per heavy atom. The van der Waals surface area contributed by atoms with Gasteiger partial charge in [0.1, 0.15) is 5.75 Å². The number of thiophene rings is 1. The van der Waals surface area contributed by atoms with E-state index in [1.54, 1.807) is 11.3 Å². The summed E-state index contributed by atoms with van der Waals surface area (Å²) in [6, 6.07) is 5.59. The minimum Gasteiger partial charge on any atom is -0.506 e. The second-order valence-electron chi connectivity index (χ2n) is 3.36. The standard InChI is InChI=1S/C11H9I2NOS/c12-7-3-8(11(15)9(13)4-7)10(14)6-1-2-16-5-6/h1-5,10,15H,14H2/t10-/m0/s1. The van der Waals surface area contributed by atoms with Crippen LogP contribution in [0.25, 0.3) is 0 Å². The molecule has 16 heavy (non-hydrogen) atoms. The number of phenols is 1. The van der Waals surface area contributed by atoms with Gasteiger partial charge in [0.25, 0.3) is 0 Å². The molecule has 0 aliphatic carbocycles. The first-order valence-electron chi connectivity index (χ1n) is 4.55. The van der Waals surface area contributed by atoms with Crippen LogP contribution in [0.1, 0.15) is 17.2 Å². The van der Waals surface area contributed by atoms with Crippen LogP contribution in [0, 0.1) is 7.14 Å². The van der Waals surface area contributed by atoms with Gasteiger partial charge in [-0.3, -0.25) is 0 Å². The molecule has 2 nitrogen and oxygen atoms in total. The molecule has 0 aliphatic heterocycles. The average Bonchev–Trinajstić information content (AvgIpc) is 2.75. The van der Waals surface area contributed by atoms with Crippen LogP contribution < -0.4 is 5.73 Å². The Labute approximate surface area is 125 Å². The van der Waals surface area contributed by atoms with E-state index in [1.807, 2.05) is 29.0 Å². The van der Waals surface area contributed by atoms with Crippen LogP contribution in [0.15, 0.2) is 29.0 Å². The van der Waals surface area contributed by atoms with Crippen LogP contribution in [0.2, 0.25) is 0 Å². The quantitative estimate of drug-likeness (QED) is 0.676. The molecule has 3 N–H and O–H groups in total. The summed E-state index contributed by atoms with van der Waals surface area (Å²) in [5.41, 5.74) is 7.97. The van der Waals surface area contributed by atoms with Gasteiger partial charge in [0, 0.05) is 9.13 Å². The molecule has 0 unspecified atom stereocenters. The molecule has 0 radical (unpaired) electrons. The van der Waals surface area contributed by atoms with Gasteiger partial charge >= 0.3 is 0 Å². The molecule has 0 amide bonds. The van der Waals surface area contributed by atoms with Crippen molar-refractivity contribution < 1.29 is 5.11 Å². The SMILES string of the molecule is N[C@@H](c1ccsc1)c1cc(I)cc(I)c1O. The first kappa shape index (κ1) is 12.6. The molecule has 2 rings (SSSR count). The van der Waals surface area contributed by atoms with Crippen molar-refractivity contribution in [3.05, 3.63) is 47.2 Å². The van der Waals surface area contributed by atoms with Crippen LogP contribution in [0.4, 0.5) is 0 Å². The van der Waals surface area contributed by atoms with E-state index < -0.39 is 0 Å². The molecular formula is C11H9I2NOS. The third-order valence-corrected chi connectivity index (χ3v) is 4.44. The normalized spacial score (nSPS) is 12.7. The van der Waals surface area contributed by atoms with E-state index in [-0.39, 0.29) is 6.04 Å². The predicted molar refractivity (Wildman–Crippen MR) is 83.9 cm³/mol. The Kier molecular flexibility index (Phi) is 4.09. The fraction of sp³-hybridized carbons (Fsp3) is 0.0909. The zero-order valence-electron chi connectivity index (χ0n) is 8.15. The van der Waals surface area contributed by atoms with E-state index in [0.717, 1.165) is 18.3 Å². The van der Waals surface area contributed by atoms with E-state index in [4.69, 9.17) is 5.73 Å². The topological polar surface area (TPSA) is 46.2 Å². The second kappa shape index (κ2) is 5.19. The van der Waals surface area contributed by atoms with Crippen molar-refractivity contribution in [3.63, 3.8) is 0 Å². The Morgan fingerprint density at radius 3 is 2.69 bits per heavy atom. The van der Waals surface area contributed by atoms with Crippen molar-refractivity contribution >= 4 is 56.5 Å². The molecule has 1 aromatic carbocycles. The van der Waals surface area contributed by atoms with Gasteiger partial charge in [-0.25, -0.2) is 0 Å². The Hall–Kier alpha value is 0.140. The molecule has 84 valence electrons. The summed E-state index contributed by atoms with van der Waals surface area (Å²) >= 11 is 5.96. The summed E-state index contributed by atoms with van der Waals surface area (Å²) in [6.07, 6.45) is 0. The molecule has 1 atom stereocenters. The van der Waals surface area contributed by atoms with E-state index >= 15 is 0 Å². The number of aromatic hydroxyl groups is 1. The van der Waals surface area contributed by atoms with Crippen LogP contribution >= 0.6 is 56.5 Å². The third-order valence-electron chi connectivity index (χ3n) is 2.30. The van der Waals surface area contributed by atoms with Gasteiger partial charge in [-0.2, -0.15) is 11.3 Å². The number of benzene rings is 1. The molecule has 0 bridgehead atoms. The summed E-state index contributed by atoms with van der Waals surface area (Å²) in [6.45, 7) is 0. The van der Waals surface area contributed by atoms with Gasteiger partial charge in [0.05, 0.1) is 9.61 Å². The lowest BCUT2D eigenvalue weighted by atomic mass is 10.0. The molecule has 0 aliphatic rings. The molecule has 2 aromatic rings. The summed E-state index contributed by atoms with van der Waals surface area (Å²) in [5, 5.41) is 14.0. The number of phenolic OH excluding ortho intramolecular Hbond substituents is 1. The van der Waals surface area contributed by atoms with E-state index in [2.05, 4.69) is 45.2 Å². The number of halogens is 2. The highest BCUT2D eigenvalue weighted by Crippen LogP contribution is 2.33. The molecule has 0 fully saturated rings. The molecule has 1 aromatic heterocycles. The lowest BCUT2D eigenvalue weighted by molar-refractivity contribution is 0.461. The summed E-state index contributed by atoms with van der Waals surface area (Å²) in [5.74, 6) is 0.291. The fourth-order valence-electron chi connectivity index (χ4n) is 1.45. The number of hydrogen-bond acceptors (Lipinski definition) is 3. The minimum absolute atomic E-state index is 0.255. The summed E-state index contributed by atoms with van der Waals surface area (Å²) < 4.78 is 1.92. The largest absolute Gasteiger partial charge is 0.506 e. The number of rotatable bonds is 2. The number of nitrogens with two attached hydrogens (primary N) is 1. The van der Waals surface area contributed by atoms with Gasteiger partial charge in [-0.15, -0.1) is 0 Å². The molecule has 1 heterocycles.